The van der Waals surface area contributed by atoms with Crippen LogP contribution in [0.15, 0.2) is 83.9 Å². The fourth-order valence-corrected chi connectivity index (χ4v) is 5.61. The summed E-state index contributed by atoms with van der Waals surface area (Å²) in [5.74, 6) is -1.11. The number of ether oxygens (including phenoxy) is 1. The highest BCUT2D eigenvalue weighted by Crippen LogP contribution is 2.32. The van der Waals surface area contributed by atoms with Crippen LogP contribution in [0, 0.1) is 0 Å². The Hall–Kier alpha value is -3.91. The van der Waals surface area contributed by atoms with E-state index in [4.69, 9.17) is 4.74 Å². The van der Waals surface area contributed by atoms with Gasteiger partial charge in [-0.25, -0.2) is 13.2 Å². The molecule has 0 saturated heterocycles. The molecule has 0 spiro atoms. The number of carbonyl (C=O) groups excluding carboxylic acids is 2. The van der Waals surface area contributed by atoms with Gasteiger partial charge < -0.3 is 9.72 Å². The van der Waals surface area contributed by atoms with Crippen LogP contribution in [0.4, 0.5) is 5.69 Å². The van der Waals surface area contributed by atoms with Gasteiger partial charge in [0.1, 0.15) is 0 Å². The van der Waals surface area contributed by atoms with Gasteiger partial charge >= 0.3 is 5.97 Å². The van der Waals surface area contributed by atoms with E-state index in [1.165, 1.54) is 28.6 Å². The molecule has 1 aliphatic heterocycles. The summed E-state index contributed by atoms with van der Waals surface area (Å²) in [4.78, 5) is 28.2. The molecule has 0 fully saturated rings. The summed E-state index contributed by atoms with van der Waals surface area (Å²) in [5, 5.41) is 0.748. The topological polar surface area (TPSA) is 96.5 Å². The molecule has 7 nitrogen and oxygen atoms in total. The van der Waals surface area contributed by atoms with Gasteiger partial charge in [0.15, 0.2) is 6.61 Å². The van der Waals surface area contributed by atoms with Crippen LogP contribution in [0.1, 0.15) is 26.3 Å². The third kappa shape index (κ3) is 3.78. The number of ketones is 1. The number of nitrogens with one attached hydrogen (secondary N) is 1. The number of aromatic nitrogens is 1. The molecule has 0 amide bonds. The van der Waals surface area contributed by atoms with E-state index in [9.17, 15) is 18.0 Å². The van der Waals surface area contributed by atoms with Crippen LogP contribution in [0.25, 0.3) is 10.9 Å². The average Bonchev–Trinajstić information content (AvgIpc) is 3.47. The molecule has 4 aromatic rings. The molecule has 0 aliphatic carbocycles. The van der Waals surface area contributed by atoms with Gasteiger partial charge in [0.05, 0.1) is 16.1 Å². The highest BCUT2D eigenvalue weighted by molar-refractivity contribution is 7.92. The van der Waals surface area contributed by atoms with E-state index in [-0.39, 0.29) is 16.2 Å². The lowest BCUT2D eigenvalue weighted by Gasteiger charge is -2.19. The lowest BCUT2D eigenvalue weighted by Crippen LogP contribution is -2.29. The highest BCUT2D eigenvalue weighted by atomic mass is 32.2. The number of benzene rings is 3. The van der Waals surface area contributed by atoms with Crippen molar-refractivity contribution in [2.75, 3.05) is 17.5 Å². The molecule has 2 heterocycles. The van der Waals surface area contributed by atoms with E-state index in [0.29, 0.717) is 24.2 Å². The molecule has 0 unspecified atom stereocenters. The first-order valence-electron chi connectivity index (χ1n) is 10.4. The molecule has 0 radical (unpaired) electrons. The Labute approximate surface area is 190 Å². The van der Waals surface area contributed by atoms with Crippen LogP contribution in [0.5, 0.6) is 0 Å². The Morgan fingerprint density at radius 3 is 2.64 bits per heavy atom. The maximum atomic E-state index is 13.2. The van der Waals surface area contributed by atoms with Crippen molar-refractivity contribution in [3.05, 3.63) is 95.7 Å². The van der Waals surface area contributed by atoms with Crippen molar-refractivity contribution in [2.45, 2.75) is 11.3 Å². The normalized spacial score (nSPS) is 13.2. The molecule has 5 rings (SSSR count). The number of anilines is 1. The molecule has 0 bridgehead atoms. The second-order valence-corrected chi connectivity index (χ2v) is 9.59. The van der Waals surface area contributed by atoms with Crippen LogP contribution in [0.3, 0.4) is 0 Å². The highest BCUT2D eigenvalue weighted by Gasteiger charge is 2.31. The minimum absolute atomic E-state index is 0.00314. The first-order chi connectivity index (χ1) is 15.9. The zero-order valence-corrected chi connectivity index (χ0v) is 18.3. The van der Waals surface area contributed by atoms with Gasteiger partial charge in [-0.05, 0) is 42.3 Å². The predicted molar refractivity (Wildman–Crippen MR) is 124 cm³/mol. The molecule has 1 aliphatic rings. The van der Waals surface area contributed by atoms with Crippen molar-refractivity contribution in [2.24, 2.45) is 0 Å². The summed E-state index contributed by atoms with van der Waals surface area (Å²) >= 11 is 0. The van der Waals surface area contributed by atoms with E-state index in [1.807, 2.05) is 36.4 Å². The quantitative estimate of drug-likeness (QED) is 0.347. The van der Waals surface area contributed by atoms with Crippen LogP contribution in [-0.4, -0.2) is 38.3 Å². The van der Waals surface area contributed by atoms with Gasteiger partial charge in [0, 0.05) is 29.2 Å². The average molecular weight is 461 g/mol. The molecule has 166 valence electrons. The summed E-state index contributed by atoms with van der Waals surface area (Å²) in [7, 11) is -3.84. The third-order valence-electron chi connectivity index (χ3n) is 5.73. The van der Waals surface area contributed by atoms with Crippen LogP contribution >= 0.6 is 0 Å². The van der Waals surface area contributed by atoms with Gasteiger partial charge in [-0.2, -0.15) is 0 Å². The number of para-hydroxylation sites is 2. The van der Waals surface area contributed by atoms with Crippen molar-refractivity contribution in [1.82, 2.24) is 4.98 Å². The van der Waals surface area contributed by atoms with E-state index >= 15 is 0 Å². The van der Waals surface area contributed by atoms with Crippen molar-refractivity contribution in [1.29, 1.82) is 0 Å². The summed E-state index contributed by atoms with van der Waals surface area (Å²) in [6, 6.07) is 20.4. The largest absolute Gasteiger partial charge is 0.454 e. The smallest absolute Gasteiger partial charge is 0.338 e. The monoisotopic (exact) mass is 460 g/mol. The second-order valence-electron chi connectivity index (χ2n) is 7.73. The fraction of sp³-hybridized carbons (Fsp3) is 0.120. The Morgan fingerprint density at radius 2 is 1.76 bits per heavy atom. The van der Waals surface area contributed by atoms with E-state index in [1.54, 1.807) is 18.3 Å². The van der Waals surface area contributed by atoms with Gasteiger partial charge in [-0.1, -0.05) is 42.5 Å². The number of esters is 1. The first-order valence-corrected chi connectivity index (χ1v) is 11.9. The molecule has 0 atom stereocenters. The lowest BCUT2D eigenvalue weighted by molar-refractivity contribution is 0.0475. The number of rotatable bonds is 6. The number of Topliss-reactive ketones (excluding diaryl/α,β-unsaturated/α-hetero) is 1. The van der Waals surface area contributed by atoms with E-state index in [2.05, 4.69) is 4.98 Å². The first kappa shape index (κ1) is 21.0. The van der Waals surface area contributed by atoms with Crippen molar-refractivity contribution in [3.63, 3.8) is 0 Å². The van der Waals surface area contributed by atoms with E-state index in [0.717, 1.165) is 16.5 Å². The molecular formula is C25H20N2O5S. The molecular weight excluding hydrogens is 440 g/mol. The zero-order valence-electron chi connectivity index (χ0n) is 17.5. The molecule has 1 aromatic heterocycles. The van der Waals surface area contributed by atoms with Crippen molar-refractivity contribution >= 4 is 38.4 Å². The SMILES string of the molecule is O=C(OCC(=O)c1c[nH]c2ccccc12)c1cccc(S(=O)(=O)N2CCc3ccccc32)c1. The Bertz CT molecular complexity index is 1490. The summed E-state index contributed by atoms with van der Waals surface area (Å²) in [5.41, 5.74) is 2.92. The second kappa shape index (κ2) is 8.22. The molecule has 33 heavy (non-hydrogen) atoms. The van der Waals surface area contributed by atoms with Gasteiger partial charge in [-0.15, -0.1) is 0 Å². The number of nitrogens with zero attached hydrogens (tertiary/aromatic N) is 1. The number of sulfonamides is 1. The van der Waals surface area contributed by atoms with Crippen LogP contribution in [-0.2, 0) is 21.2 Å². The number of fused-ring (bicyclic) bond motifs is 2. The molecule has 0 saturated carbocycles. The number of hydrogen-bond donors (Lipinski definition) is 1. The zero-order chi connectivity index (χ0) is 23.0. The fourth-order valence-electron chi connectivity index (χ4n) is 4.06. The van der Waals surface area contributed by atoms with Crippen molar-refractivity contribution < 1.29 is 22.7 Å². The van der Waals surface area contributed by atoms with Gasteiger partial charge in [0.2, 0.25) is 5.78 Å². The van der Waals surface area contributed by atoms with E-state index < -0.39 is 22.6 Å². The Kier molecular flexibility index (Phi) is 5.22. The number of H-pyrrole nitrogens is 1. The number of carbonyl (C=O) groups is 2. The Balaban J connectivity index is 1.33. The van der Waals surface area contributed by atoms with Crippen molar-refractivity contribution in [3.8, 4) is 0 Å². The van der Waals surface area contributed by atoms with Gasteiger partial charge in [-0.3, -0.25) is 9.10 Å². The number of aromatic amines is 1. The van der Waals surface area contributed by atoms with Crippen LogP contribution in [0.2, 0.25) is 0 Å². The molecule has 8 heteroatoms. The summed E-state index contributed by atoms with van der Waals surface area (Å²) in [6.07, 6.45) is 2.22. The predicted octanol–water partition coefficient (Wildman–Crippen LogP) is 3.96. The minimum Gasteiger partial charge on any atom is -0.454 e. The standard InChI is InChI=1S/C25H20N2O5S/c28-24(21-15-26-22-10-3-2-9-20(21)22)16-32-25(29)18-7-5-8-19(14-18)33(30,31)27-13-12-17-6-1-4-11-23(17)27/h1-11,14-15,26H,12-13,16H2. The summed E-state index contributed by atoms with van der Waals surface area (Å²) < 4.78 is 33.0. The molecule has 3 aromatic carbocycles. The molecule has 1 N–H and O–H groups in total. The maximum absolute atomic E-state index is 13.2. The number of hydrogen-bond acceptors (Lipinski definition) is 5. The summed E-state index contributed by atoms with van der Waals surface area (Å²) in [6.45, 7) is -0.105. The van der Waals surface area contributed by atoms with Crippen LogP contribution < -0.4 is 4.31 Å². The maximum Gasteiger partial charge on any atom is 0.338 e. The lowest BCUT2D eigenvalue weighted by atomic mass is 10.1. The Morgan fingerprint density at radius 1 is 0.970 bits per heavy atom. The minimum atomic E-state index is -3.84. The third-order valence-corrected chi connectivity index (χ3v) is 7.54. The van der Waals surface area contributed by atoms with Gasteiger partial charge in [0.25, 0.3) is 10.0 Å².